The lowest BCUT2D eigenvalue weighted by Gasteiger charge is -2.24. The Labute approximate surface area is 236 Å². The molecular weight excluding hydrogens is 550 g/mol. The van der Waals surface area contributed by atoms with E-state index in [4.69, 9.17) is 13.9 Å². The molecule has 0 N–H and O–H groups in total. The van der Waals surface area contributed by atoms with E-state index in [1.165, 1.54) is 23.6 Å². The number of hydrogen-bond acceptors (Lipinski definition) is 10. The van der Waals surface area contributed by atoms with E-state index in [0.717, 1.165) is 11.3 Å². The summed E-state index contributed by atoms with van der Waals surface area (Å²) in [5.74, 6) is -0.164. The van der Waals surface area contributed by atoms with E-state index < -0.39 is 28.5 Å². The molecule has 0 fully saturated rings. The summed E-state index contributed by atoms with van der Waals surface area (Å²) in [7, 11) is 0. The Kier molecular flexibility index (Phi) is 7.49. The van der Waals surface area contributed by atoms with Crippen LogP contribution in [0.15, 0.2) is 86.1 Å². The molecule has 0 saturated heterocycles. The lowest BCUT2D eigenvalue weighted by Crippen LogP contribution is -2.39. The van der Waals surface area contributed by atoms with E-state index in [9.17, 15) is 24.5 Å². The van der Waals surface area contributed by atoms with Gasteiger partial charge in [-0.3, -0.25) is 24.3 Å². The fraction of sp³-hybridized carbons (Fsp3) is 0.172. The van der Waals surface area contributed by atoms with Crippen molar-refractivity contribution in [2.24, 2.45) is 4.99 Å². The molecule has 12 heteroatoms. The van der Waals surface area contributed by atoms with Crippen molar-refractivity contribution in [3.05, 3.63) is 113 Å². The summed E-state index contributed by atoms with van der Waals surface area (Å²) in [6, 6.07) is 15.1. The number of benzene rings is 2. The van der Waals surface area contributed by atoms with Crippen LogP contribution in [0.4, 0.5) is 5.69 Å². The molecule has 0 amide bonds. The maximum Gasteiger partial charge on any atom is 0.338 e. The zero-order valence-electron chi connectivity index (χ0n) is 22.2. The SMILES string of the molecule is CCOC(=O)C1=C(C)N=c2sc(=Cc3ccc(-c4ccccc4[N+](=O)[O-])o3)c(=O)n2[C@H]1c1ccc(OC(C)=O)cc1. The number of furan rings is 1. The molecule has 0 bridgehead atoms. The zero-order chi connectivity index (χ0) is 29.3. The normalized spacial score (nSPS) is 14.8. The highest BCUT2D eigenvalue weighted by molar-refractivity contribution is 7.07. The fourth-order valence-corrected chi connectivity index (χ4v) is 5.56. The van der Waals surface area contributed by atoms with E-state index in [-0.39, 0.29) is 28.2 Å². The number of esters is 2. The number of fused-ring (bicyclic) bond motifs is 1. The topological polar surface area (TPSA) is 143 Å². The van der Waals surface area contributed by atoms with Crippen LogP contribution >= 0.6 is 11.3 Å². The molecule has 0 spiro atoms. The van der Waals surface area contributed by atoms with Gasteiger partial charge in [0.05, 0.1) is 38.9 Å². The van der Waals surface area contributed by atoms with Gasteiger partial charge in [0.25, 0.3) is 11.2 Å². The molecule has 3 heterocycles. The molecule has 208 valence electrons. The van der Waals surface area contributed by atoms with Crippen molar-refractivity contribution < 1.29 is 28.4 Å². The average molecular weight is 574 g/mol. The minimum Gasteiger partial charge on any atom is -0.463 e. The van der Waals surface area contributed by atoms with Crippen molar-refractivity contribution >= 4 is 35.0 Å². The predicted molar refractivity (Wildman–Crippen MR) is 149 cm³/mol. The van der Waals surface area contributed by atoms with Crippen LogP contribution in [0.1, 0.15) is 38.1 Å². The van der Waals surface area contributed by atoms with Crippen LogP contribution in [0, 0.1) is 10.1 Å². The molecule has 41 heavy (non-hydrogen) atoms. The van der Waals surface area contributed by atoms with Gasteiger partial charge in [0.2, 0.25) is 0 Å². The minimum atomic E-state index is -0.849. The van der Waals surface area contributed by atoms with Crippen LogP contribution in [0.25, 0.3) is 17.4 Å². The molecule has 2 aromatic carbocycles. The molecule has 1 aliphatic heterocycles. The van der Waals surface area contributed by atoms with Gasteiger partial charge in [-0.15, -0.1) is 0 Å². The first-order valence-electron chi connectivity index (χ1n) is 12.5. The molecule has 11 nitrogen and oxygen atoms in total. The van der Waals surface area contributed by atoms with Gasteiger partial charge in [-0.2, -0.15) is 0 Å². The third-order valence-electron chi connectivity index (χ3n) is 6.24. The predicted octanol–water partition coefficient (Wildman–Crippen LogP) is 3.89. The van der Waals surface area contributed by atoms with Gasteiger partial charge in [0, 0.05) is 19.1 Å². The van der Waals surface area contributed by atoms with Crippen molar-refractivity contribution in [3.8, 4) is 17.1 Å². The van der Waals surface area contributed by atoms with Gasteiger partial charge < -0.3 is 13.9 Å². The van der Waals surface area contributed by atoms with Crippen LogP contribution in [0.3, 0.4) is 0 Å². The first kappa shape index (κ1) is 27.5. The Balaban J connectivity index is 1.62. The number of carbonyl (C=O) groups is 2. The lowest BCUT2D eigenvalue weighted by atomic mass is 9.96. The second kappa shape index (κ2) is 11.2. The van der Waals surface area contributed by atoms with Crippen LogP contribution in [0.5, 0.6) is 5.75 Å². The van der Waals surface area contributed by atoms with Crippen molar-refractivity contribution in [3.63, 3.8) is 0 Å². The molecule has 2 aromatic heterocycles. The summed E-state index contributed by atoms with van der Waals surface area (Å²) >= 11 is 1.12. The zero-order valence-corrected chi connectivity index (χ0v) is 23.0. The highest BCUT2D eigenvalue weighted by atomic mass is 32.1. The Morgan fingerprint density at radius 1 is 1.15 bits per heavy atom. The van der Waals surface area contributed by atoms with E-state index >= 15 is 0 Å². The monoisotopic (exact) mass is 573 g/mol. The van der Waals surface area contributed by atoms with Gasteiger partial charge in [-0.1, -0.05) is 35.6 Å². The molecule has 5 rings (SSSR count). The van der Waals surface area contributed by atoms with Crippen LogP contribution in [-0.2, 0) is 14.3 Å². The van der Waals surface area contributed by atoms with Gasteiger partial charge in [-0.05, 0) is 49.7 Å². The van der Waals surface area contributed by atoms with Crippen LogP contribution in [-0.4, -0.2) is 28.0 Å². The molecule has 1 aliphatic rings. The number of thiazole rings is 1. The summed E-state index contributed by atoms with van der Waals surface area (Å²) < 4.78 is 18.0. The van der Waals surface area contributed by atoms with E-state index in [2.05, 4.69) is 4.99 Å². The van der Waals surface area contributed by atoms with E-state index in [1.807, 2.05) is 0 Å². The maximum absolute atomic E-state index is 13.8. The molecule has 0 radical (unpaired) electrons. The number of allylic oxidation sites excluding steroid dienone is 1. The number of nitro benzene ring substituents is 1. The highest BCUT2D eigenvalue weighted by Crippen LogP contribution is 2.33. The van der Waals surface area contributed by atoms with Crippen LogP contribution < -0.4 is 19.6 Å². The number of carbonyl (C=O) groups excluding carboxylic acids is 2. The van der Waals surface area contributed by atoms with Crippen molar-refractivity contribution in [1.29, 1.82) is 0 Å². The third kappa shape index (κ3) is 5.37. The maximum atomic E-state index is 13.8. The summed E-state index contributed by atoms with van der Waals surface area (Å²) in [5, 5.41) is 11.4. The second-order valence-electron chi connectivity index (χ2n) is 8.94. The van der Waals surface area contributed by atoms with Crippen molar-refractivity contribution in [1.82, 2.24) is 4.57 Å². The molecule has 0 unspecified atom stereocenters. The van der Waals surface area contributed by atoms with E-state index in [0.29, 0.717) is 33.1 Å². The highest BCUT2D eigenvalue weighted by Gasteiger charge is 2.33. The number of hydrogen-bond donors (Lipinski definition) is 0. The Morgan fingerprint density at radius 2 is 1.88 bits per heavy atom. The van der Waals surface area contributed by atoms with E-state index in [1.54, 1.807) is 68.4 Å². The molecular formula is C29H23N3O8S. The number of nitrogens with zero attached hydrogens (tertiary/aromatic N) is 3. The first-order chi connectivity index (χ1) is 19.7. The molecule has 0 aliphatic carbocycles. The second-order valence-corrected chi connectivity index (χ2v) is 9.95. The number of aromatic nitrogens is 1. The van der Waals surface area contributed by atoms with Gasteiger partial charge in [0.15, 0.2) is 4.80 Å². The smallest absolute Gasteiger partial charge is 0.338 e. The summed E-state index contributed by atoms with van der Waals surface area (Å²) in [4.78, 5) is 54.0. The quantitative estimate of drug-likeness (QED) is 0.140. The molecule has 1 atom stereocenters. The van der Waals surface area contributed by atoms with Gasteiger partial charge >= 0.3 is 11.9 Å². The van der Waals surface area contributed by atoms with Crippen LogP contribution in [0.2, 0.25) is 0 Å². The molecule has 4 aromatic rings. The summed E-state index contributed by atoms with van der Waals surface area (Å²) in [5.41, 5.74) is 0.994. The lowest BCUT2D eigenvalue weighted by molar-refractivity contribution is -0.384. The number of ether oxygens (including phenoxy) is 2. The first-order valence-corrected chi connectivity index (χ1v) is 13.3. The van der Waals surface area contributed by atoms with Crippen molar-refractivity contribution in [2.75, 3.05) is 6.61 Å². The average Bonchev–Trinajstić information content (AvgIpc) is 3.52. The third-order valence-corrected chi connectivity index (χ3v) is 7.22. The Hall–Kier alpha value is -5.10. The standard InChI is InChI=1S/C29H23N3O8S/c1-4-38-28(35)25-16(2)30-29-31(26(25)18-9-11-19(12-10-18)39-17(3)33)27(34)24(41-29)15-20-13-14-23(40-20)21-7-5-6-8-22(21)32(36)37/h5-15,26H,4H2,1-3H3/t26-/m0/s1. The summed E-state index contributed by atoms with van der Waals surface area (Å²) in [6.45, 7) is 4.79. The molecule has 0 saturated carbocycles. The number of nitro groups is 1. The number of rotatable bonds is 7. The van der Waals surface area contributed by atoms with Crippen molar-refractivity contribution in [2.45, 2.75) is 26.8 Å². The number of para-hydroxylation sites is 1. The fourth-order valence-electron chi connectivity index (χ4n) is 4.54. The van der Waals surface area contributed by atoms with Gasteiger partial charge in [-0.25, -0.2) is 9.79 Å². The summed E-state index contributed by atoms with van der Waals surface area (Å²) in [6.07, 6.45) is 1.53. The Bertz CT molecular complexity index is 1900. The minimum absolute atomic E-state index is 0.102. The Morgan fingerprint density at radius 3 is 2.56 bits per heavy atom. The van der Waals surface area contributed by atoms with Gasteiger partial charge in [0.1, 0.15) is 17.3 Å². The largest absolute Gasteiger partial charge is 0.463 e.